The summed E-state index contributed by atoms with van der Waals surface area (Å²) in [4.78, 5) is 10.3. The molecule has 0 aliphatic heterocycles. The molecule has 0 saturated heterocycles. The molecule has 0 amide bonds. The molecule has 132 valence electrons. The summed E-state index contributed by atoms with van der Waals surface area (Å²) in [6, 6.07) is 13.1. The molecule has 0 fully saturated rings. The Bertz CT molecular complexity index is 721. The molecule has 0 spiro atoms. The molecule has 1 N–H and O–H groups in total. The number of nitro benzene ring substituents is 1. The highest BCUT2D eigenvalue weighted by Gasteiger charge is 2.03. The molecule has 0 bridgehead atoms. The SMILES string of the molecule is CCCCCNc1cc(CC)ccc1C=Cc1ccc([N+](=O)[O-])cc1. The Hall–Kier alpha value is -2.62. The van der Waals surface area contributed by atoms with E-state index in [1.807, 2.05) is 6.08 Å². The number of anilines is 1. The molecule has 2 aromatic carbocycles. The molecule has 0 aromatic heterocycles. The van der Waals surface area contributed by atoms with Crippen molar-refractivity contribution in [2.24, 2.45) is 0 Å². The van der Waals surface area contributed by atoms with Crippen molar-refractivity contribution in [3.63, 3.8) is 0 Å². The maximum Gasteiger partial charge on any atom is 0.269 e. The molecule has 4 heteroatoms. The smallest absolute Gasteiger partial charge is 0.269 e. The van der Waals surface area contributed by atoms with Crippen LogP contribution in [0.2, 0.25) is 0 Å². The highest BCUT2D eigenvalue weighted by molar-refractivity contribution is 5.77. The van der Waals surface area contributed by atoms with Crippen molar-refractivity contribution in [1.29, 1.82) is 0 Å². The zero-order valence-corrected chi connectivity index (χ0v) is 15.0. The first-order valence-corrected chi connectivity index (χ1v) is 8.93. The number of hydrogen-bond acceptors (Lipinski definition) is 3. The van der Waals surface area contributed by atoms with Crippen LogP contribution >= 0.6 is 0 Å². The first-order valence-electron chi connectivity index (χ1n) is 8.93. The van der Waals surface area contributed by atoms with Gasteiger partial charge in [0.05, 0.1) is 4.92 Å². The molecule has 0 atom stereocenters. The Balaban J connectivity index is 2.14. The highest BCUT2D eigenvalue weighted by atomic mass is 16.6. The van der Waals surface area contributed by atoms with E-state index in [4.69, 9.17) is 0 Å². The van der Waals surface area contributed by atoms with Crippen molar-refractivity contribution in [2.45, 2.75) is 39.5 Å². The average Bonchev–Trinajstić information content (AvgIpc) is 2.64. The number of rotatable bonds is 9. The van der Waals surface area contributed by atoms with Crippen LogP contribution in [-0.2, 0) is 6.42 Å². The largest absolute Gasteiger partial charge is 0.385 e. The Morgan fingerprint density at radius 1 is 1.04 bits per heavy atom. The second kappa shape index (κ2) is 9.62. The van der Waals surface area contributed by atoms with Gasteiger partial charge in [0.25, 0.3) is 5.69 Å². The molecule has 0 unspecified atom stereocenters. The summed E-state index contributed by atoms with van der Waals surface area (Å²) in [5.41, 5.74) is 4.65. The third-order valence-corrected chi connectivity index (χ3v) is 4.18. The normalized spacial score (nSPS) is 11.0. The van der Waals surface area contributed by atoms with Crippen molar-refractivity contribution in [1.82, 2.24) is 0 Å². The Morgan fingerprint density at radius 3 is 2.44 bits per heavy atom. The predicted molar refractivity (Wildman–Crippen MR) is 106 cm³/mol. The molecule has 4 nitrogen and oxygen atoms in total. The lowest BCUT2D eigenvalue weighted by Crippen LogP contribution is -2.03. The van der Waals surface area contributed by atoms with Crippen LogP contribution in [-0.4, -0.2) is 11.5 Å². The Kier molecular flexibility index (Phi) is 7.20. The fourth-order valence-electron chi connectivity index (χ4n) is 2.61. The molecule has 0 saturated carbocycles. The van der Waals surface area contributed by atoms with Crippen molar-refractivity contribution in [3.8, 4) is 0 Å². The number of hydrogen-bond donors (Lipinski definition) is 1. The van der Waals surface area contributed by atoms with Gasteiger partial charge in [-0.1, -0.05) is 51.0 Å². The van der Waals surface area contributed by atoms with Crippen molar-refractivity contribution < 1.29 is 4.92 Å². The fraction of sp³-hybridized carbons (Fsp3) is 0.333. The van der Waals surface area contributed by atoms with Crippen LogP contribution in [0.1, 0.15) is 49.8 Å². The van der Waals surface area contributed by atoms with Gasteiger partial charge in [0.1, 0.15) is 0 Å². The molecule has 0 heterocycles. The summed E-state index contributed by atoms with van der Waals surface area (Å²) in [5, 5.41) is 14.3. The molecular formula is C21H26N2O2. The predicted octanol–water partition coefficient (Wildman–Crippen LogP) is 5.93. The van der Waals surface area contributed by atoms with Gasteiger partial charge in [-0.25, -0.2) is 0 Å². The first kappa shape index (κ1) is 18.7. The van der Waals surface area contributed by atoms with Crippen LogP contribution in [0.3, 0.4) is 0 Å². The van der Waals surface area contributed by atoms with Gasteiger partial charge in [0.2, 0.25) is 0 Å². The number of benzene rings is 2. The lowest BCUT2D eigenvalue weighted by Gasteiger charge is -2.11. The average molecular weight is 338 g/mol. The summed E-state index contributed by atoms with van der Waals surface area (Å²) in [6.45, 7) is 5.33. The number of non-ortho nitro benzene ring substituents is 1. The van der Waals surface area contributed by atoms with E-state index in [0.29, 0.717) is 0 Å². The van der Waals surface area contributed by atoms with Gasteiger partial charge in [-0.2, -0.15) is 0 Å². The number of unbranched alkanes of at least 4 members (excludes halogenated alkanes) is 2. The summed E-state index contributed by atoms with van der Waals surface area (Å²) < 4.78 is 0. The highest BCUT2D eigenvalue weighted by Crippen LogP contribution is 2.22. The third-order valence-electron chi connectivity index (χ3n) is 4.18. The van der Waals surface area contributed by atoms with Crippen LogP contribution in [0, 0.1) is 10.1 Å². The van der Waals surface area contributed by atoms with Crippen LogP contribution in [0.4, 0.5) is 11.4 Å². The van der Waals surface area contributed by atoms with Crippen molar-refractivity contribution in [2.75, 3.05) is 11.9 Å². The molecule has 0 aliphatic rings. The van der Waals surface area contributed by atoms with Crippen LogP contribution in [0.15, 0.2) is 42.5 Å². The van der Waals surface area contributed by atoms with Gasteiger partial charge in [-0.3, -0.25) is 10.1 Å². The van der Waals surface area contributed by atoms with Crippen molar-refractivity contribution in [3.05, 3.63) is 69.3 Å². The van der Waals surface area contributed by atoms with E-state index < -0.39 is 0 Å². The van der Waals surface area contributed by atoms with Gasteiger partial charge < -0.3 is 5.32 Å². The lowest BCUT2D eigenvalue weighted by molar-refractivity contribution is -0.384. The summed E-state index contributed by atoms with van der Waals surface area (Å²) in [6.07, 6.45) is 8.66. The Morgan fingerprint density at radius 2 is 1.80 bits per heavy atom. The maximum absolute atomic E-state index is 10.7. The number of nitro groups is 1. The van der Waals surface area contributed by atoms with Crippen LogP contribution in [0.5, 0.6) is 0 Å². The summed E-state index contributed by atoms with van der Waals surface area (Å²) in [5.74, 6) is 0. The zero-order chi connectivity index (χ0) is 18.1. The van der Waals surface area contributed by atoms with Gasteiger partial charge >= 0.3 is 0 Å². The molecule has 2 aromatic rings. The minimum atomic E-state index is -0.380. The topological polar surface area (TPSA) is 55.2 Å². The van der Waals surface area contributed by atoms with E-state index in [2.05, 4.69) is 43.4 Å². The van der Waals surface area contributed by atoms with Crippen molar-refractivity contribution >= 4 is 23.5 Å². The molecular weight excluding hydrogens is 312 g/mol. The molecule has 25 heavy (non-hydrogen) atoms. The first-order chi connectivity index (χ1) is 12.1. The number of nitrogens with one attached hydrogen (secondary N) is 1. The monoisotopic (exact) mass is 338 g/mol. The minimum absolute atomic E-state index is 0.114. The molecule has 0 aliphatic carbocycles. The van der Waals surface area contributed by atoms with E-state index in [9.17, 15) is 10.1 Å². The summed E-state index contributed by atoms with van der Waals surface area (Å²) in [7, 11) is 0. The summed E-state index contributed by atoms with van der Waals surface area (Å²) >= 11 is 0. The molecule has 0 radical (unpaired) electrons. The quantitative estimate of drug-likeness (QED) is 0.267. The van der Waals surface area contributed by atoms with Gasteiger partial charge in [-0.15, -0.1) is 0 Å². The minimum Gasteiger partial charge on any atom is -0.385 e. The standard InChI is InChI=1S/C21H26N2O2/c1-3-5-6-15-22-21-16-17(4-2)7-11-19(21)12-8-18-9-13-20(14-10-18)23(24)25/h7-14,16,22H,3-6,15H2,1-2H3. The maximum atomic E-state index is 10.7. The van der Waals surface area contributed by atoms with E-state index >= 15 is 0 Å². The third kappa shape index (κ3) is 5.75. The number of aryl methyl sites for hydroxylation is 1. The van der Waals surface area contributed by atoms with E-state index in [0.717, 1.165) is 29.8 Å². The fourth-order valence-corrected chi connectivity index (χ4v) is 2.61. The van der Waals surface area contributed by atoms with E-state index in [1.54, 1.807) is 12.1 Å². The van der Waals surface area contributed by atoms with Gasteiger partial charge in [0, 0.05) is 24.4 Å². The number of nitrogens with zero attached hydrogens (tertiary/aromatic N) is 1. The van der Waals surface area contributed by atoms with Crippen LogP contribution < -0.4 is 5.32 Å². The second-order valence-electron chi connectivity index (χ2n) is 6.09. The van der Waals surface area contributed by atoms with E-state index in [1.165, 1.54) is 37.0 Å². The van der Waals surface area contributed by atoms with E-state index in [-0.39, 0.29) is 10.6 Å². The van der Waals surface area contributed by atoms with Crippen LogP contribution in [0.25, 0.3) is 12.2 Å². The second-order valence-corrected chi connectivity index (χ2v) is 6.09. The van der Waals surface area contributed by atoms with Gasteiger partial charge in [-0.05, 0) is 47.7 Å². The Labute approximate surface area is 149 Å². The zero-order valence-electron chi connectivity index (χ0n) is 15.0. The van der Waals surface area contributed by atoms with Gasteiger partial charge in [0.15, 0.2) is 0 Å². The molecule has 2 rings (SSSR count). The lowest BCUT2D eigenvalue weighted by atomic mass is 10.1.